The first-order valence-electron chi connectivity index (χ1n) is 19.9. The molecular weight excluding hydrogens is 743 g/mol. The Bertz CT molecular complexity index is 1990. The highest BCUT2D eigenvalue weighted by atomic mass is 32.2. The molecule has 1 aromatic heterocycles. The zero-order valence-electron chi connectivity index (χ0n) is 32.1. The first kappa shape index (κ1) is 39.7. The topological polar surface area (TPSA) is 152 Å². The van der Waals surface area contributed by atoms with Crippen molar-refractivity contribution in [1.82, 2.24) is 30.3 Å². The Morgan fingerprint density at radius 1 is 0.877 bits per heavy atom. The van der Waals surface area contributed by atoms with Gasteiger partial charge in [-0.15, -0.1) is 11.8 Å². The number of rotatable bonds is 13. The van der Waals surface area contributed by atoms with E-state index in [2.05, 4.69) is 20.5 Å². The van der Waals surface area contributed by atoms with Crippen LogP contribution in [0.5, 0.6) is 0 Å². The molecule has 298 valence electrons. The fraction of sp³-hybridized carbons (Fsp3) is 0.419. The van der Waals surface area contributed by atoms with Crippen LogP contribution >= 0.6 is 11.8 Å². The molecule has 3 aromatic rings. The maximum atomic E-state index is 13.3. The quantitative estimate of drug-likeness (QED) is 0.113. The minimum absolute atomic E-state index is 0.0305. The van der Waals surface area contributed by atoms with Gasteiger partial charge in [0, 0.05) is 99.0 Å². The van der Waals surface area contributed by atoms with Gasteiger partial charge in [-0.3, -0.25) is 39.1 Å². The van der Waals surface area contributed by atoms with Crippen LogP contribution < -0.4 is 15.5 Å². The van der Waals surface area contributed by atoms with Gasteiger partial charge in [-0.1, -0.05) is 25.0 Å². The maximum absolute atomic E-state index is 13.3. The van der Waals surface area contributed by atoms with Crippen molar-refractivity contribution < 1.29 is 28.8 Å². The largest absolute Gasteiger partial charge is 0.368 e. The average Bonchev–Trinajstić information content (AvgIpc) is 3.58. The number of carbonyl (C=O) groups is 6. The third-order valence-corrected chi connectivity index (χ3v) is 12.4. The first-order valence-corrected chi connectivity index (χ1v) is 20.9. The van der Waals surface area contributed by atoms with Crippen molar-refractivity contribution in [3.63, 3.8) is 0 Å². The van der Waals surface area contributed by atoms with E-state index in [0.717, 1.165) is 66.9 Å². The Kier molecular flexibility index (Phi) is 13.0. The van der Waals surface area contributed by atoms with Gasteiger partial charge in [0.2, 0.25) is 23.6 Å². The molecule has 3 saturated heterocycles. The third-order valence-electron chi connectivity index (χ3n) is 11.4. The number of aromatic nitrogens is 1. The van der Waals surface area contributed by atoms with E-state index in [1.807, 2.05) is 52.3 Å². The van der Waals surface area contributed by atoms with Crippen LogP contribution in [0, 0.1) is 5.92 Å². The van der Waals surface area contributed by atoms with Gasteiger partial charge in [0.25, 0.3) is 11.8 Å². The van der Waals surface area contributed by atoms with Crippen LogP contribution in [0.15, 0.2) is 78.0 Å². The van der Waals surface area contributed by atoms with Crippen LogP contribution in [0.1, 0.15) is 76.8 Å². The Labute approximate surface area is 337 Å². The van der Waals surface area contributed by atoms with E-state index in [0.29, 0.717) is 56.2 Å². The van der Waals surface area contributed by atoms with Crippen molar-refractivity contribution in [3.8, 4) is 0 Å². The van der Waals surface area contributed by atoms with Crippen molar-refractivity contribution in [1.29, 1.82) is 0 Å². The maximum Gasteiger partial charge on any atom is 0.255 e. The van der Waals surface area contributed by atoms with E-state index in [1.54, 1.807) is 30.6 Å². The summed E-state index contributed by atoms with van der Waals surface area (Å²) >= 11 is 1.41. The molecule has 0 saturated carbocycles. The highest BCUT2D eigenvalue weighted by Crippen LogP contribution is 2.35. The lowest BCUT2D eigenvalue weighted by Gasteiger charge is -2.36. The second-order valence-electron chi connectivity index (χ2n) is 15.0. The molecule has 0 spiro atoms. The fourth-order valence-electron chi connectivity index (χ4n) is 8.03. The molecule has 2 N–H and O–H groups in total. The van der Waals surface area contributed by atoms with Crippen molar-refractivity contribution >= 4 is 59.0 Å². The van der Waals surface area contributed by atoms with E-state index in [4.69, 9.17) is 0 Å². The number of amides is 6. The highest BCUT2D eigenvalue weighted by Gasteiger charge is 2.40. The number of likely N-dealkylation sites (tertiary alicyclic amines) is 1. The summed E-state index contributed by atoms with van der Waals surface area (Å²) in [4.78, 5) is 88.5. The van der Waals surface area contributed by atoms with E-state index in [1.165, 1.54) is 22.7 Å². The summed E-state index contributed by atoms with van der Waals surface area (Å²) in [6.07, 6.45) is 12.3. The zero-order chi connectivity index (χ0) is 39.7. The molecule has 1 atom stereocenters. The summed E-state index contributed by atoms with van der Waals surface area (Å²) in [5, 5.41) is 5.28. The van der Waals surface area contributed by atoms with Crippen molar-refractivity contribution in [3.05, 3.63) is 95.3 Å². The number of nitrogens with one attached hydrogen (secondary N) is 2. The summed E-state index contributed by atoms with van der Waals surface area (Å²) < 4.78 is 0. The van der Waals surface area contributed by atoms with Gasteiger partial charge in [-0.25, -0.2) is 0 Å². The molecule has 14 heteroatoms. The average molecular weight is 792 g/mol. The molecule has 13 nitrogen and oxygen atoms in total. The lowest BCUT2D eigenvalue weighted by Crippen LogP contribution is -2.52. The summed E-state index contributed by atoms with van der Waals surface area (Å²) in [6, 6.07) is 16.3. The van der Waals surface area contributed by atoms with Gasteiger partial charge >= 0.3 is 0 Å². The molecule has 0 aliphatic carbocycles. The lowest BCUT2D eigenvalue weighted by molar-refractivity contribution is -0.137. The summed E-state index contributed by atoms with van der Waals surface area (Å²) in [7, 11) is 0. The van der Waals surface area contributed by atoms with Gasteiger partial charge in [0.1, 0.15) is 6.04 Å². The molecule has 57 heavy (non-hydrogen) atoms. The number of carbonyl (C=O) groups excluding carboxylic acids is 6. The molecule has 7 rings (SSSR count). The van der Waals surface area contributed by atoms with Crippen LogP contribution in [0.2, 0.25) is 0 Å². The number of hydrogen-bond donors (Lipinski definition) is 2. The first-order chi connectivity index (χ1) is 27.7. The third kappa shape index (κ3) is 9.91. The second kappa shape index (κ2) is 18.6. The van der Waals surface area contributed by atoms with Crippen LogP contribution in [-0.2, 0) is 25.7 Å². The molecule has 5 heterocycles. The number of piperazine rings is 1. The van der Waals surface area contributed by atoms with Gasteiger partial charge in [-0.2, -0.15) is 0 Å². The van der Waals surface area contributed by atoms with E-state index in [-0.39, 0.29) is 48.3 Å². The predicted molar refractivity (Wildman–Crippen MR) is 217 cm³/mol. The van der Waals surface area contributed by atoms with E-state index < -0.39 is 11.9 Å². The summed E-state index contributed by atoms with van der Waals surface area (Å²) in [5.41, 5.74) is 3.96. The molecule has 2 aromatic carbocycles. The molecule has 6 amide bonds. The Morgan fingerprint density at radius 2 is 1.67 bits per heavy atom. The smallest absolute Gasteiger partial charge is 0.255 e. The second-order valence-corrected chi connectivity index (χ2v) is 16.0. The molecule has 1 unspecified atom stereocenters. The van der Waals surface area contributed by atoms with E-state index >= 15 is 0 Å². The van der Waals surface area contributed by atoms with Gasteiger partial charge in [-0.05, 0) is 91.3 Å². The minimum Gasteiger partial charge on any atom is -0.368 e. The molecular formula is C43H49N7O6S. The van der Waals surface area contributed by atoms with E-state index in [9.17, 15) is 28.8 Å². The number of fused-ring (bicyclic) bond motifs is 1. The number of pyridine rings is 1. The van der Waals surface area contributed by atoms with Gasteiger partial charge in [0.05, 0.1) is 5.75 Å². The SMILES string of the molecule is O=C(/C=C/c1cccnc1)NCCCCC1CCN(C(=O)c2ccc(N3CCN(C(=O)CSc4cccc5c4CN(C4CCC(=O)NC4=O)C5=O)CC3)cc2)CC1. The number of hydrogen-bond acceptors (Lipinski definition) is 9. The van der Waals surface area contributed by atoms with Crippen LogP contribution in [0.4, 0.5) is 5.69 Å². The number of piperidine rings is 2. The van der Waals surface area contributed by atoms with Crippen molar-refractivity contribution in [2.75, 3.05) is 56.5 Å². The Balaban J connectivity index is 0.795. The van der Waals surface area contributed by atoms with Crippen molar-refractivity contribution in [2.24, 2.45) is 5.92 Å². The number of thioether (sulfide) groups is 1. The van der Waals surface area contributed by atoms with Crippen LogP contribution in [0.25, 0.3) is 6.08 Å². The van der Waals surface area contributed by atoms with Gasteiger partial charge in [0.15, 0.2) is 0 Å². The molecule has 4 aliphatic heterocycles. The number of benzene rings is 2. The Morgan fingerprint density at radius 3 is 2.40 bits per heavy atom. The standard InChI is InChI=1S/C43H49N7O6S/c51-38(15-9-31-6-4-19-44-27-31)45-20-2-1-5-30-17-21-49(22-18-30)42(55)32-10-12-33(13-11-32)47-23-25-48(26-24-47)40(53)29-57-37-8-3-7-34-35(37)28-50(43(34)56)36-14-16-39(52)46-41(36)54/h3-4,6-13,15,19,27,30,36H,1-2,5,14,16-18,20-26,28-29H2,(H,45,51)(H,46,52,54)/b15-9+. The predicted octanol–water partition coefficient (Wildman–Crippen LogP) is 4.14. The number of nitrogens with zero attached hydrogens (tertiary/aromatic N) is 5. The number of imide groups is 1. The van der Waals surface area contributed by atoms with Crippen molar-refractivity contribution in [2.45, 2.75) is 62.4 Å². The summed E-state index contributed by atoms with van der Waals surface area (Å²) in [6.45, 7) is 4.96. The number of anilines is 1. The highest BCUT2D eigenvalue weighted by molar-refractivity contribution is 8.00. The monoisotopic (exact) mass is 791 g/mol. The fourth-order valence-corrected chi connectivity index (χ4v) is 9.02. The summed E-state index contributed by atoms with van der Waals surface area (Å²) in [5.74, 6) is -0.167. The van der Waals surface area contributed by atoms with Gasteiger partial charge < -0.3 is 24.9 Å². The zero-order valence-corrected chi connectivity index (χ0v) is 32.9. The Hall–Kier alpha value is -5.50. The number of unbranched alkanes of at least 4 members (excludes halogenated alkanes) is 1. The molecule has 4 aliphatic rings. The molecule has 0 bridgehead atoms. The molecule has 0 radical (unpaired) electrons. The minimum atomic E-state index is -0.679. The lowest BCUT2D eigenvalue weighted by atomic mass is 9.91. The van der Waals surface area contributed by atoms with Crippen LogP contribution in [0.3, 0.4) is 0 Å². The molecule has 3 fully saturated rings. The normalized spacial score (nSPS) is 18.9. The van der Waals surface area contributed by atoms with Crippen LogP contribution in [-0.4, -0.2) is 113 Å².